The van der Waals surface area contributed by atoms with Gasteiger partial charge in [0.05, 0.1) is 15.9 Å². The number of aromatic nitrogens is 3. The van der Waals surface area contributed by atoms with Gasteiger partial charge >= 0.3 is 0 Å². The smallest absolute Gasteiger partial charge is 0.224 e. The van der Waals surface area contributed by atoms with Gasteiger partial charge in [0.2, 0.25) is 11.0 Å². The summed E-state index contributed by atoms with van der Waals surface area (Å²) in [5.74, 6) is 0.0378. The molecule has 0 fully saturated rings. The second-order valence-corrected chi connectivity index (χ2v) is 6.33. The van der Waals surface area contributed by atoms with Gasteiger partial charge in [-0.2, -0.15) is 5.10 Å². The maximum atomic E-state index is 11.7. The number of carbonyl (C=O) groups is 1. The number of hydrogen-bond donors (Lipinski definition) is 1. The molecule has 1 amide bonds. The van der Waals surface area contributed by atoms with Crippen LogP contribution in [0.1, 0.15) is 31.2 Å². The number of rotatable bonds is 4. The number of nitrogens with zero attached hydrogens (tertiary/aromatic N) is 3. The Morgan fingerprint density at radius 1 is 1.32 bits per heavy atom. The molecule has 0 atom stereocenters. The Labute approximate surface area is 133 Å². The van der Waals surface area contributed by atoms with Gasteiger partial charge in [-0.05, 0) is 44.5 Å². The highest BCUT2D eigenvalue weighted by Gasteiger charge is 2.10. The van der Waals surface area contributed by atoms with Crippen molar-refractivity contribution in [1.29, 1.82) is 0 Å². The molecule has 0 saturated heterocycles. The monoisotopic (exact) mass is 314 g/mol. The Morgan fingerprint density at radius 3 is 2.82 bits per heavy atom. The zero-order valence-electron chi connectivity index (χ0n) is 12.9. The first-order chi connectivity index (χ1) is 10.6. The molecule has 0 bridgehead atoms. The number of amides is 1. The van der Waals surface area contributed by atoms with Crippen LogP contribution < -0.4 is 5.32 Å². The second kappa shape index (κ2) is 5.88. The molecule has 0 unspecified atom stereocenters. The lowest BCUT2D eigenvalue weighted by atomic mass is 10.2. The molecule has 0 spiro atoms. The molecule has 22 heavy (non-hydrogen) atoms. The van der Waals surface area contributed by atoms with E-state index >= 15 is 0 Å². The summed E-state index contributed by atoms with van der Waals surface area (Å²) in [4.78, 5) is 16.3. The third kappa shape index (κ3) is 2.87. The average molecular weight is 314 g/mol. The number of anilines is 1. The van der Waals surface area contributed by atoms with E-state index in [0.717, 1.165) is 38.8 Å². The summed E-state index contributed by atoms with van der Waals surface area (Å²) in [5.41, 5.74) is 3.70. The molecule has 3 aromatic rings. The Kier molecular flexibility index (Phi) is 3.94. The standard InChI is InChI=1S/C16H18N4OS/c1-4-5-15(21)17-12-6-7-14-13(9-12)18-16(22-14)20-11(3)8-10(2)19-20/h6-9H,4-5H2,1-3H3,(H,17,21). The van der Waals surface area contributed by atoms with Crippen LogP contribution in [-0.2, 0) is 4.79 Å². The third-order valence-corrected chi connectivity index (χ3v) is 4.34. The molecule has 114 valence electrons. The van der Waals surface area contributed by atoms with E-state index in [2.05, 4.69) is 15.4 Å². The topological polar surface area (TPSA) is 59.8 Å². The van der Waals surface area contributed by atoms with Crippen molar-refractivity contribution in [3.8, 4) is 5.13 Å². The first-order valence-corrected chi connectivity index (χ1v) is 8.12. The van der Waals surface area contributed by atoms with Crippen LogP contribution >= 0.6 is 11.3 Å². The van der Waals surface area contributed by atoms with Gasteiger partial charge in [0.15, 0.2) is 0 Å². The van der Waals surface area contributed by atoms with Gasteiger partial charge in [0.25, 0.3) is 0 Å². The predicted octanol–water partition coefficient (Wildman–Crippen LogP) is 3.84. The number of benzene rings is 1. The highest BCUT2D eigenvalue weighted by Crippen LogP contribution is 2.28. The van der Waals surface area contributed by atoms with Crippen molar-refractivity contribution < 1.29 is 4.79 Å². The molecule has 2 heterocycles. The Hall–Kier alpha value is -2.21. The highest BCUT2D eigenvalue weighted by atomic mass is 32.1. The van der Waals surface area contributed by atoms with Crippen LogP contribution in [0.5, 0.6) is 0 Å². The summed E-state index contributed by atoms with van der Waals surface area (Å²) < 4.78 is 2.94. The zero-order valence-corrected chi connectivity index (χ0v) is 13.7. The lowest BCUT2D eigenvalue weighted by Gasteiger charge is -2.03. The van der Waals surface area contributed by atoms with Crippen LogP contribution in [0.3, 0.4) is 0 Å². The average Bonchev–Trinajstić information content (AvgIpc) is 3.01. The summed E-state index contributed by atoms with van der Waals surface area (Å²) in [6.45, 7) is 5.98. The number of aryl methyl sites for hydroxylation is 2. The molecule has 0 radical (unpaired) electrons. The minimum absolute atomic E-state index is 0.0378. The van der Waals surface area contributed by atoms with Gasteiger partial charge in [-0.3, -0.25) is 4.79 Å². The molecule has 0 aliphatic carbocycles. The van der Waals surface area contributed by atoms with Gasteiger partial charge in [-0.15, -0.1) is 0 Å². The van der Waals surface area contributed by atoms with Crippen LogP contribution in [-0.4, -0.2) is 20.7 Å². The fourth-order valence-electron chi connectivity index (χ4n) is 2.36. The van der Waals surface area contributed by atoms with E-state index in [-0.39, 0.29) is 5.91 Å². The molecule has 0 aliphatic heterocycles. The largest absolute Gasteiger partial charge is 0.326 e. The van der Waals surface area contributed by atoms with E-state index in [0.29, 0.717) is 6.42 Å². The quantitative estimate of drug-likeness (QED) is 0.796. The molecular formula is C16H18N4OS. The van der Waals surface area contributed by atoms with Crippen LogP contribution in [0.2, 0.25) is 0 Å². The molecule has 5 nitrogen and oxygen atoms in total. The molecule has 1 aromatic carbocycles. The maximum absolute atomic E-state index is 11.7. The fraction of sp³-hybridized carbons (Fsp3) is 0.312. The highest BCUT2D eigenvalue weighted by molar-refractivity contribution is 7.20. The molecule has 2 aromatic heterocycles. The van der Waals surface area contributed by atoms with Crippen LogP contribution in [0.4, 0.5) is 5.69 Å². The normalized spacial score (nSPS) is 11.0. The van der Waals surface area contributed by atoms with Crippen molar-refractivity contribution in [1.82, 2.24) is 14.8 Å². The Bertz CT molecular complexity index is 834. The van der Waals surface area contributed by atoms with Crippen molar-refractivity contribution in [2.24, 2.45) is 0 Å². The van der Waals surface area contributed by atoms with Crippen molar-refractivity contribution >= 4 is 33.1 Å². The fourth-order valence-corrected chi connectivity index (χ4v) is 3.31. The van der Waals surface area contributed by atoms with Gasteiger partial charge < -0.3 is 5.32 Å². The summed E-state index contributed by atoms with van der Waals surface area (Å²) in [6, 6.07) is 7.85. The molecular weight excluding hydrogens is 296 g/mol. The lowest BCUT2D eigenvalue weighted by molar-refractivity contribution is -0.116. The van der Waals surface area contributed by atoms with Gasteiger partial charge in [0.1, 0.15) is 0 Å². The molecule has 0 aliphatic rings. The summed E-state index contributed by atoms with van der Waals surface area (Å²) in [6.07, 6.45) is 1.37. The Morgan fingerprint density at radius 2 is 2.14 bits per heavy atom. The second-order valence-electron chi connectivity index (χ2n) is 5.32. The molecule has 6 heteroatoms. The van der Waals surface area contributed by atoms with Gasteiger partial charge in [0, 0.05) is 17.8 Å². The summed E-state index contributed by atoms with van der Waals surface area (Å²) in [5, 5.41) is 8.21. The van der Waals surface area contributed by atoms with E-state index < -0.39 is 0 Å². The van der Waals surface area contributed by atoms with E-state index in [9.17, 15) is 4.79 Å². The number of fused-ring (bicyclic) bond motifs is 1. The zero-order chi connectivity index (χ0) is 15.7. The predicted molar refractivity (Wildman–Crippen MR) is 89.8 cm³/mol. The SMILES string of the molecule is CCCC(=O)Nc1ccc2sc(-n3nc(C)cc3C)nc2c1. The van der Waals surface area contributed by atoms with Gasteiger partial charge in [-0.25, -0.2) is 9.67 Å². The van der Waals surface area contributed by atoms with Crippen molar-refractivity contribution in [3.05, 3.63) is 35.7 Å². The van der Waals surface area contributed by atoms with Crippen LogP contribution in [0, 0.1) is 13.8 Å². The summed E-state index contributed by atoms with van der Waals surface area (Å²) in [7, 11) is 0. The van der Waals surface area contributed by atoms with Crippen molar-refractivity contribution in [3.63, 3.8) is 0 Å². The third-order valence-electron chi connectivity index (χ3n) is 3.33. The minimum Gasteiger partial charge on any atom is -0.326 e. The number of nitrogens with one attached hydrogen (secondary N) is 1. The van der Waals surface area contributed by atoms with Crippen molar-refractivity contribution in [2.75, 3.05) is 5.32 Å². The minimum atomic E-state index is 0.0378. The van der Waals surface area contributed by atoms with Gasteiger partial charge in [-0.1, -0.05) is 18.3 Å². The van der Waals surface area contributed by atoms with Crippen molar-refractivity contribution in [2.45, 2.75) is 33.6 Å². The van der Waals surface area contributed by atoms with Crippen LogP contribution in [0.15, 0.2) is 24.3 Å². The summed E-state index contributed by atoms with van der Waals surface area (Å²) >= 11 is 1.59. The van der Waals surface area contributed by atoms with E-state index in [4.69, 9.17) is 0 Å². The number of carbonyl (C=O) groups excluding carboxylic acids is 1. The number of thiazole rings is 1. The van der Waals surface area contributed by atoms with E-state index in [1.165, 1.54) is 0 Å². The maximum Gasteiger partial charge on any atom is 0.224 e. The first kappa shape index (κ1) is 14.7. The lowest BCUT2D eigenvalue weighted by Crippen LogP contribution is -2.10. The molecule has 3 rings (SSSR count). The molecule has 0 saturated carbocycles. The van der Waals surface area contributed by atoms with E-state index in [1.807, 2.05) is 49.7 Å². The Balaban J connectivity index is 1.93. The first-order valence-electron chi connectivity index (χ1n) is 7.31. The van der Waals surface area contributed by atoms with Crippen LogP contribution in [0.25, 0.3) is 15.3 Å². The van der Waals surface area contributed by atoms with E-state index in [1.54, 1.807) is 11.3 Å². The molecule has 1 N–H and O–H groups in total. The number of hydrogen-bond acceptors (Lipinski definition) is 4.